The predicted molar refractivity (Wildman–Crippen MR) is 118 cm³/mol. The summed E-state index contributed by atoms with van der Waals surface area (Å²) in [5, 5.41) is 16.0. The maximum absolute atomic E-state index is 13.3. The number of fused-ring (bicyclic) bond motifs is 1. The van der Waals surface area contributed by atoms with Crippen LogP contribution in [0.5, 0.6) is 0 Å². The van der Waals surface area contributed by atoms with E-state index in [1.165, 1.54) is 4.68 Å². The van der Waals surface area contributed by atoms with Gasteiger partial charge in [-0.05, 0) is 25.0 Å². The van der Waals surface area contributed by atoms with Gasteiger partial charge in [-0.15, -0.1) is 10.2 Å². The van der Waals surface area contributed by atoms with Crippen molar-refractivity contribution in [2.75, 3.05) is 24.5 Å². The molecule has 1 unspecified atom stereocenters. The van der Waals surface area contributed by atoms with Gasteiger partial charge in [-0.3, -0.25) is 4.79 Å². The summed E-state index contributed by atoms with van der Waals surface area (Å²) < 4.78 is 28.3. The minimum Gasteiger partial charge on any atom is -0.358 e. The molecule has 1 saturated heterocycles. The van der Waals surface area contributed by atoms with E-state index in [9.17, 15) is 13.6 Å². The second-order valence-electron chi connectivity index (χ2n) is 7.93. The number of aromatic nitrogens is 4. The Morgan fingerprint density at radius 1 is 1.26 bits per heavy atom. The fourth-order valence-electron chi connectivity index (χ4n) is 4.59. The molecule has 2 aliphatic rings. The highest BCUT2D eigenvalue weighted by molar-refractivity contribution is 9.10. The Hall–Kier alpha value is -1.98. The summed E-state index contributed by atoms with van der Waals surface area (Å²) in [6.45, 7) is 2.10. The molecule has 2 fully saturated rings. The van der Waals surface area contributed by atoms with Gasteiger partial charge in [0, 0.05) is 41.1 Å². The predicted octanol–water partition coefficient (Wildman–Crippen LogP) is 4.11. The number of rotatable bonds is 5. The molecule has 1 atom stereocenters. The van der Waals surface area contributed by atoms with Crippen LogP contribution in [0.3, 0.4) is 0 Å². The number of alkyl halides is 2. The maximum atomic E-state index is 13.3. The summed E-state index contributed by atoms with van der Waals surface area (Å²) in [6.07, 6.45) is 3.22. The van der Waals surface area contributed by atoms with Crippen LogP contribution in [0.25, 0.3) is 16.0 Å². The summed E-state index contributed by atoms with van der Waals surface area (Å²) in [5.41, 5.74) is 1.64. The number of nitrogens with one attached hydrogen (secondary N) is 1. The SMILES string of the molecule is O=C(C1CCCC1)C1CNCCN1c1cc(Br)cc2c1cnn2-c1nnc(C(F)F)s1. The van der Waals surface area contributed by atoms with E-state index in [1.807, 2.05) is 12.1 Å². The Morgan fingerprint density at radius 2 is 2.06 bits per heavy atom. The molecule has 1 aliphatic heterocycles. The lowest BCUT2D eigenvalue weighted by Gasteiger charge is -2.38. The second-order valence-corrected chi connectivity index (χ2v) is 9.84. The van der Waals surface area contributed by atoms with Gasteiger partial charge >= 0.3 is 0 Å². The largest absolute Gasteiger partial charge is 0.358 e. The highest BCUT2D eigenvalue weighted by atomic mass is 79.9. The molecule has 11 heteroatoms. The normalized spacial score (nSPS) is 20.3. The molecule has 1 N–H and O–H groups in total. The smallest absolute Gasteiger partial charge is 0.291 e. The van der Waals surface area contributed by atoms with Crippen LogP contribution < -0.4 is 10.2 Å². The number of nitrogens with zero attached hydrogens (tertiary/aromatic N) is 5. The van der Waals surface area contributed by atoms with E-state index in [1.54, 1.807) is 6.20 Å². The molecule has 0 bridgehead atoms. The van der Waals surface area contributed by atoms with Crippen LogP contribution in [-0.4, -0.2) is 51.4 Å². The highest BCUT2D eigenvalue weighted by Gasteiger charge is 2.35. The molecular formula is C20H21BrF2N6OS. The Labute approximate surface area is 189 Å². The van der Waals surface area contributed by atoms with Crippen LogP contribution in [0.2, 0.25) is 0 Å². The Morgan fingerprint density at radius 3 is 2.81 bits per heavy atom. The number of piperazine rings is 1. The van der Waals surface area contributed by atoms with Crippen LogP contribution in [-0.2, 0) is 4.79 Å². The maximum Gasteiger partial charge on any atom is 0.291 e. The summed E-state index contributed by atoms with van der Waals surface area (Å²) in [7, 11) is 0. The molecule has 3 heterocycles. The quantitative estimate of drug-likeness (QED) is 0.556. The van der Waals surface area contributed by atoms with Crippen LogP contribution in [0, 0.1) is 5.92 Å². The van der Waals surface area contributed by atoms with E-state index in [4.69, 9.17) is 0 Å². The van der Waals surface area contributed by atoms with Gasteiger partial charge in [0.15, 0.2) is 10.8 Å². The Kier molecular flexibility index (Phi) is 5.74. The minimum atomic E-state index is -2.67. The summed E-state index contributed by atoms with van der Waals surface area (Å²) >= 11 is 4.39. The molecule has 0 spiro atoms. The van der Waals surface area contributed by atoms with Gasteiger partial charge in [0.1, 0.15) is 6.04 Å². The first kappa shape index (κ1) is 20.9. The molecule has 2 aromatic heterocycles. The molecule has 164 valence electrons. The third-order valence-electron chi connectivity index (χ3n) is 6.07. The number of benzene rings is 1. The monoisotopic (exact) mass is 510 g/mol. The average molecular weight is 511 g/mol. The van der Waals surface area contributed by atoms with Gasteiger partial charge in [0.25, 0.3) is 6.43 Å². The van der Waals surface area contributed by atoms with E-state index >= 15 is 0 Å². The first-order valence-corrected chi connectivity index (χ1v) is 11.9. The van der Waals surface area contributed by atoms with Crippen molar-refractivity contribution in [3.8, 4) is 5.13 Å². The molecule has 0 amide bonds. The topological polar surface area (TPSA) is 75.9 Å². The van der Waals surface area contributed by atoms with Crippen molar-refractivity contribution >= 4 is 49.6 Å². The van der Waals surface area contributed by atoms with Crippen molar-refractivity contribution in [2.45, 2.75) is 38.2 Å². The van der Waals surface area contributed by atoms with E-state index in [-0.39, 0.29) is 22.1 Å². The number of carbonyl (C=O) groups is 1. The Bertz CT molecular complexity index is 1110. The third-order valence-corrected chi connectivity index (χ3v) is 7.43. The van der Waals surface area contributed by atoms with Gasteiger partial charge in [-0.25, -0.2) is 13.5 Å². The first-order valence-electron chi connectivity index (χ1n) is 10.3. The van der Waals surface area contributed by atoms with Crippen LogP contribution >= 0.6 is 27.3 Å². The molecular weight excluding hydrogens is 490 g/mol. The minimum absolute atomic E-state index is 0.131. The molecule has 7 nitrogen and oxygen atoms in total. The van der Waals surface area contributed by atoms with Gasteiger partial charge in [0.2, 0.25) is 5.13 Å². The zero-order chi connectivity index (χ0) is 21.5. The lowest BCUT2D eigenvalue weighted by Crippen LogP contribution is -2.56. The van der Waals surface area contributed by atoms with Crippen molar-refractivity contribution in [2.24, 2.45) is 5.92 Å². The highest BCUT2D eigenvalue weighted by Crippen LogP contribution is 2.36. The number of halogens is 3. The zero-order valence-electron chi connectivity index (χ0n) is 16.6. The van der Waals surface area contributed by atoms with Gasteiger partial charge in [0.05, 0.1) is 11.7 Å². The van der Waals surface area contributed by atoms with Crippen molar-refractivity contribution < 1.29 is 13.6 Å². The van der Waals surface area contributed by atoms with Crippen LogP contribution in [0.4, 0.5) is 14.5 Å². The van der Waals surface area contributed by atoms with E-state index in [2.05, 4.69) is 41.4 Å². The van der Waals surface area contributed by atoms with Crippen LogP contribution in [0.1, 0.15) is 37.1 Å². The van der Waals surface area contributed by atoms with Gasteiger partial charge in [-0.1, -0.05) is 40.1 Å². The van der Waals surface area contributed by atoms with Crippen molar-refractivity contribution in [1.29, 1.82) is 0 Å². The van der Waals surface area contributed by atoms with E-state index in [0.717, 1.165) is 64.6 Å². The van der Waals surface area contributed by atoms with Crippen molar-refractivity contribution in [1.82, 2.24) is 25.3 Å². The van der Waals surface area contributed by atoms with Crippen LogP contribution in [0.15, 0.2) is 22.8 Å². The lowest BCUT2D eigenvalue weighted by molar-refractivity contribution is -0.124. The van der Waals surface area contributed by atoms with Gasteiger partial charge < -0.3 is 10.2 Å². The lowest BCUT2D eigenvalue weighted by atomic mass is 9.94. The molecule has 1 aliphatic carbocycles. The zero-order valence-corrected chi connectivity index (χ0v) is 19.0. The van der Waals surface area contributed by atoms with E-state index in [0.29, 0.717) is 18.9 Å². The second kappa shape index (κ2) is 8.51. The summed E-state index contributed by atoms with van der Waals surface area (Å²) in [6, 6.07) is 3.65. The number of hydrogen-bond donors (Lipinski definition) is 1. The molecule has 1 aromatic carbocycles. The number of anilines is 1. The van der Waals surface area contributed by atoms with Crippen molar-refractivity contribution in [3.05, 3.63) is 27.8 Å². The standard InChI is InChI=1S/C20H21BrF2N6OS/c21-12-7-14(28-6-5-24-10-16(28)17(30)11-3-1-2-4-11)13-9-25-29(15(13)8-12)20-27-26-19(31-20)18(22)23/h7-9,11,16,18,24H,1-6,10H2. The molecule has 31 heavy (non-hydrogen) atoms. The molecule has 5 rings (SSSR count). The number of hydrogen-bond acceptors (Lipinski definition) is 7. The number of carbonyl (C=O) groups excluding carboxylic acids is 1. The fourth-order valence-corrected chi connectivity index (χ4v) is 5.70. The Balaban J connectivity index is 1.55. The third kappa shape index (κ3) is 3.87. The first-order chi connectivity index (χ1) is 15.0. The average Bonchev–Trinajstić information content (AvgIpc) is 3.52. The molecule has 0 radical (unpaired) electrons. The molecule has 3 aromatic rings. The van der Waals surface area contributed by atoms with Gasteiger partial charge in [-0.2, -0.15) is 5.10 Å². The number of Topliss-reactive ketones (excluding diaryl/α,β-unsaturated/α-hetero) is 1. The summed E-state index contributed by atoms with van der Waals surface area (Å²) in [5.74, 6) is 0.433. The fraction of sp³-hybridized carbons (Fsp3) is 0.500. The summed E-state index contributed by atoms with van der Waals surface area (Å²) in [4.78, 5) is 15.5. The van der Waals surface area contributed by atoms with E-state index < -0.39 is 6.43 Å². The molecule has 1 saturated carbocycles. The van der Waals surface area contributed by atoms with Crippen molar-refractivity contribution in [3.63, 3.8) is 0 Å². The number of ketones is 1.